The number of rotatable bonds is 15. The second-order valence-corrected chi connectivity index (χ2v) is 16.9. The zero-order chi connectivity index (χ0) is 42.1. The van der Waals surface area contributed by atoms with E-state index in [9.17, 15) is 24.8 Å². The third-order valence-electron chi connectivity index (χ3n) is 9.71. The molecular formula is C44H42BrN5O7S2. The van der Waals surface area contributed by atoms with Gasteiger partial charge in [-0.05, 0) is 96.8 Å². The highest BCUT2D eigenvalue weighted by Crippen LogP contribution is 2.48. The Hall–Kier alpha value is -5.47. The Balaban J connectivity index is 1.35. The van der Waals surface area contributed by atoms with E-state index >= 15 is 0 Å². The van der Waals surface area contributed by atoms with Crippen molar-refractivity contribution < 1.29 is 34.2 Å². The smallest absolute Gasteiger partial charge is 0.245 e. The number of para-hydroxylation sites is 1. The molecule has 2 heterocycles. The molecule has 15 heteroatoms. The van der Waals surface area contributed by atoms with Crippen LogP contribution in [0.4, 0.5) is 11.4 Å². The topological polar surface area (TPSA) is 182 Å². The summed E-state index contributed by atoms with van der Waals surface area (Å²) < 4.78 is 12.4. The number of nitrogens with one attached hydrogen (secondary N) is 4. The second-order valence-electron chi connectivity index (χ2n) is 13.9. The number of halogens is 1. The lowest BCUT2D eigenvalue weighted by molar-refractivity contribution is -0.132. The summed E-state index contributed by atoms with van der Waals surface area (Å²) in [5, 5.41) is 41.0. The fraction of sp³-hybridized carbons (Fsp3) is 0.227. The van der Waals surface area contributed by atoms with Crippen LogP contribution in [0.1, 0.15) is 46.9 Å². The van der Waals surface area contributed by atoms with E-state index in [1.54, 1.807) is 30.8 Å². The Morgan fingerprint density at radius 3 is 2.41 bits per heavy atom. The van der Waals surface area contributed by atoms with Gasteiger partial charge in [0.25, 0.3) is 0 Å². The van der Waals surface area contributed by atoms with Gasteiger partial charge in [0.2, 0.25) is 17.7 Å². The molecule has 0 saturated heterocycles. The summed E-state index contributed by atoms with van der Waals surface area (Å²) in [5.74, 6) is -2.84. The highest BCUT2D eigenvalue weighted by atomic mass is 79.9. The number of thioether (sulfide) groups is 1. The van der Waals surface area contributed by atoms with Crippen molar-refractivity contribution in [2.45, 2.75) is 38.0 Å². The molecule has 0 bridgehead atoms. The van der Waals surface area contributed by atoms with Gasteiger partial charge in [-0.25, -0.2) is 5.48 Å². The molecule has 1 aromatic heterocycles. The number of carbonyl (C=O) groups is 3. The molecule has 6 rings (SSSR count). The molecule has 4 aromatic carbocycles. The number of methoxy groups -OCH3 is 1. The summed E-state index contributed by atoms with van der Waals surface area (Å²) in [7, 11) is 1.58. The quantitative estimate of drug-likeness (QED) is 0.0442. The lowest BCUT2D eigenvalue weighted by Crippen LogP contribution is -2.57. The number of hydroxylamine groups is 1. The van der Waals surface area contributed by atoms with Crippen LogP contribution in [0.5, 0.6) is 5.75 Å². The number of aryl methyl sites for hydroxylation is 1. The van der Waals surface area contributed by atoms with Gasteiger partial charge in [-0.3, -0.25) is 19.6 Å². The molecule has 4 unspecified atom stereocenters. The van der Waals surface area contributed by atoms with Crippen LogP contribution < -0.4 is 26.2 Å². The number of allylic oxidation sites excluding steroid dienone is 1. The molecular weight excluding hydrogens is 855 g/mol. The minimum atomic E-state index is -1.85. The maximum Gasteiger partial charge on any atom is 0.245 e. The van der Waals surface area contributed by atoms with Crippen molar-refractivity contribution in [2.75, 3.05) is 30.1 Å². The molecule has 0 radical (unpaired) electrons. The van der Waals surface area contributed by atoms with E-state index in [0.717, 1.165) is 43.4 Å². The number of nitriles is 1. The average Bonchev–Trinajstić information content (AvgIpc) is 3.73. The zero-order valence-electron chi connectivity index (χ0n) is 32.3. The molecule has 59 heavy (non-hydrogen) atoms. The van der Waals surface area contributed by atoms with Crippen molar-refractivity contribution in [3.05, 3.63) is 146 Å². The van der Waals surface area contributed by atoms with E-state index < -0.39 is 35.5 Å². The van der Waals surface area contributed by atoms with Crippen molar-refractivity contribution in [1.29, 1.82) is 5.26 Å². The molecule has 304 valence electrons. The van der Waals surface area contributed by atoms with Crippen LogP contribution in [-0.2, 0) is 19.1 Å². The minimum absolute atomic E-state index is 0.0353. The number of aliphatic hydroxyl groups is 1. The monoisotopic (exact) mass is 895 g/mol. The first-order valence-electron chi connectivity index (χ1n) is 18.5. The molecule has 0 aliphatic carbocycles. The van der Waals surface area contributed by atoms with Crippen molar-refractivity contribution in [1.82, 2.24) is 10.8 Å². The van der Waals surface area contributed by atoms with Crippen molar-refractivity contribution in [3.63, 3.8) is 0 Å². The van der Waals surface area contributed by atoms with E-state index in [1.807, 2.05) is 97.9 Å². The van der Waals surface area contributed by atoms with Crippen molar-refractivity contribution in [3.8, 4) is 22.3 Å². The van der Waals surface area contributed by atoms with Crippen LogP contribution in [0.25, 0.3) is 10.4 Å². The lowest BCUT2D eigenvalue weighted by atomic mass is 9.76. The molecule has 4 atom stereocenters. The molecule has 0 spiro atoms. The predicted molar refractivity (Wildman–Crippen MR) is 233 cm³/mol. The van der Waals surface area contributed by atoms with E-state index in [4.69, 9.17) is 14.7 Å². The van der Waals surface area contributed by atoms with E-state index in [2.05, 4.69) is 37.9 Å². The van der Waals surface area contributed by atoms with E-state index in [0.29, 0.717) is 27.0 Å². The summed E-state index contributed by atoms with van der Waals surface area (Å²) in [6, 6.07) is 35.7. The summed E-state index contributed by atoms with van der Waals surface area (Å²) in [4.78, 5) is 40.7. The number of ether oxygens (including phenoxy) is 2. The lowest BCUT2D eigenvalue weighted by Gasteiger charge is -2.43. The van der Waals surface area contributed by atoms with Crippen LogP contribution >= 0.6 is 39.0 Å². The first kappa shape index (κ1) is 43.1. The first-order valence-corrected chi connectivity index (χ1v) is 21.1. The van der Waals surface area contributed by atoms with Gasteiger partial charge in [-0.15, -0.1) is 11.3 Å². The highest BCUT2D eigenvalue weighted by Gasteiger charge is 2.50. The number of carbonyl (C=O) groups excluding carboxylic acids is 3. The zero-order valence-corrected chi connectivity index (χ0v) is 35.5. The van der Waals surface area contributed by atoms with Crippen molar-refractivity contribution >= 4 is 68.1 Å². The molecule has 1 aliphatic heterocycles. The van der Waals surface area contributed by atoms with Gasteiger partial charge < -0.3 is 30.5 Å². The predicted octanol–water partition coefficient (Wildman–Crippen LogP) is 8.25. The van der Waals surface area contributed by atoms with Gasteiger partial charge in [0, 0.05) is 31.5 Å². The summed E-state index contributed by atoms with van der Waals surface area (Å²) >= 11 is 5.85. The van der Waals surface area contributed by atoms with Gasteiger partial charge in [0.1, 0.15) is 17.6 Å². The van der Waals surface area contributed by atoms with Gasteiger partial charge in [-0.2, -0.15) is 5.26 Å². The normalized spacial score (nSPS) is 17.9. The SMILES string of the molecule is COc1ccc(C(OCCC(=O)NO)c2cccc(-c3ccc(C4C(C#N)=C(SCC(=O)Nc5ccc(Br)cc5)NC(C)(O)C4C(=O)Nc4ccccc4C)s3)c2)cc1. The largest absolute Gasteiger partial charge is 0.497 e. The van der Waals surface area contributed by atoms with Gasteiger partial charge >= 0.3 is 0 Å². The van der Waals surface area contributed by atoms with Crippen LogP contribution in [0.2, 0.25) is 0 Å². The fourth-order valence-corrected chi connectivity index (χ4v) is 9.14. The standard InChI is InChI=1S/C44H42BrN5O7S2/c1-26-7-4-5-10-34(26)48-42(53)40-39(33(24-46)43(49-44(40,2)54)58-25-38(52)47-31-15-13-30(45)14-16-31)36-20-19-35(59-36)28-8-6-9-29(23-28)41(57-22-21-37(51)50-55)27-11-17-32(56-3)18-12-27/h4-20,23,39-41,49,54-55H,21-22,25H2,1-3H3,(H,47,52)(H,48,53)(H,50,51). The summed E-state index contributed by atoms with van der Waals surface area (Å²) in [5.41, 5.74) is 4.46. The number of anilines is 2. The highest BCUT2D eigenvalue weighted by molar-refractivity contribution is 9.10. The first-order chi connectivity index (χ1) is 28.4. The van der Waals surface area contributed by atoms with Crippen LogP contribution in [0, 0.1) is 24.2 Å². The molecule has 0 saturated carbocycles. The van der Waals surface area contributed by atoms with Crippen LogP contribution in [0.15, 0.2) is 124 Å². The Labute approximate surface area is 358 Å². The maximum absolute atomic E-state index is 14.3. The summed E-state index contributed by atoms with van der Waals surface area (Å²) in [6.45, 7) is 3.41. The number of hydrogen-bond acceptors (Lipinski definition) is 11. The summed E-state index contributed by atoms with van der Waals surface area (Å²) in [6.07, 6.45) is -0.629. The number of thiophene rings is 1. The number of hydrogen-bond donors (Lipinski definition) is 6. The van der Waals surface area contributed by atoms with E-state index in [1.165, 1.54) is 18.3 Å². The average molecular weight is 897 g/mol. The Kier molecular flexibility index (Phi) is 14.3. The fourth-order valence-electron chi connectivity index (χ4n) is 6.77. The van der Waals surface area contributed by atoms with Gasteiger partial charge in [-0.1, -0.05) is 76.2 Å². The third kappa shape index (κ3) is 10.6. The second kappa shape index (κ2) is 19.5. The molecule has 0 fully saturated rings. The van der Waals surface area contributed by atoms with E-state index in [-0.39, 0.29) is 30.3 Å². The van der Waals surface area contributed by atoms with Crippen LogP contribution in [0.3, 0.4) is 0 Å². The molecule has 6 N–H and O–H groups in total. The third-order valence-corrected chi connectivity index (χ3v) is 12.5. The van der Waals surface area contributed by atoms with Gasteiger partial charge in [0.05, 0.1) is 48.5 Å². The molecule has 12 nitrogen and oxygen atoms in total. The van der Waals surface area contributed by atoms with Gasteiger partial charge in [0.15, 0.2) is 0 Å². The molecule has 5 aromatic rings. The van der Waals surface area contributed by atoms with Crippen molar-refractivity contribution in [2.24, 2.45) is 5.92 Å². The number of amides is 3. The van der Waals surface area contributed by atoms with Crippen LogP contribution in [-0.4, -0.2) is 53.2 Å². The maximum atomic E-state index is 14.3. The number of benzene rings is 4. The Bertz CT molecular complexity index is 2380. The number of nitrogens with zero attached hydrogens (tertiary/aromatic N) is 1. The molecule has 1 aliphatic rings. The Morgan fingerprint density at radius 2 is 1.71 bits per heavy atom. The Morgan fingerprint density at radius 1 is 0.966 bits per heavy atom. The molecule has 3 amide bonds. The minimum Gasteiger partial charge on any atom is -0.497 e.